The SMILES string of the molecule is CN(CC1(C)COC1)C1CCC2=CC3=CCC4(C)C(c5ccc6ccncc6c5)CCC4C34CCC2(C1)O4. The standard InChI is InChI=1S/C34H42N2O2/c1-31(21-37-22-31)20-36(3)28-7-6-26-17-27-10-12-32(2)29(24-5-4-23-11-15-35-19-25(23)16-24)8-9-30(32)34(27)14-13-33(26,18-28)38-34/h4-5,10-11,15-17,19,28-30H,6-9,12-14,18,20-22H2,1-3H3. The van der Waals surface area contributed by atoms with Gasteiger partial charge in [-0.2, -0.15) is 0 Å². The van der Waals surface area contributed by atoms with E-state index in [1.807, 2.05) is 12.4 Å². The van der Waals surface area contributed by atoms with Crippen LogP contribution in [0.25, 0.3) is 10.8 Å². The zero-order valence-electron chi connectivity index (χ0n) is 23.3. The van der Waals surface area contributed by atoms with E-state index in [1.54, 1.807) is 5.57 Å². The van der Waals surface area contributed by atoms with Crippen LogP contribution in [-0.2, 0) is 9.47 Å². The summed E-state index contributed by atoms with van der Waals surface area (Å²) in [6.07, 6.45) is 18.8. The van der Waals surface area contributed by atoms with Gasteiger partial charge in [-0.1, -0.05) is 38.1 Å². The van der Waals surface area contributed by atoms with Gasteiger partial charge in [-0.25, -0.2) is 0 Å². The predicted octanol–water partition coefficient (Wildman–Crippen LogP) is 6.81. The maximum atomic E-state index is 7.57. The van der Waals surface area contributed by atoms with Gasteiger partial charge in [0.2, 0.25) is 0 Å². The highest BCUT2D eigenvalue weighted by molar-refractivity contribution is 5.82. The fourth-order valence-corrected chi connectivity index (χ4v) is 9.90. The van der Waals surface area contributed by atoms with Crippen molar-refractivity contribution < 1.29 is 9.47 Å². The van der Waals surface area contributed by atoms with Gasteiger partial charge in [0.25, 0.3) is 0 Å². The molecule has 0 amide bonds. The van der Waals surface area contributed by atoms with Crippen LogP contribution < -0.4 is 0 Å². The number of fused-ring (bicyclic) bond motifs is 2. The largest absolute Gasteiger partial charge is 0.380 e. The Morgan fingerprint density at radius 2 is 1.95 bits per heavy atom. The number of allylic oxidation sites excluding steroid dienone is 1. The number of pyridine rings is 1. The molecule has 3 aliphatic heterocycles. The zero-order valence-corrected chi connectivity index (χ0v) is 23.3. The van der Waals surface area contributed by atoms with Crippen LogP contribution in [0.15, 0.2) is 60.0 Å². The molecule has 2 saturated heterocycles. The van der Waals surface area contributed by atoms with Crippen molar-refractivity contribution in [2.24, 2.45) is 16.7 Å². The number of nitrogens with zero attached hydrogens (tertiary/aromatic N) is 2. The number of hydrogen-bond donors (Lipinski definition) is 0. The summed E-state index contributed by atoms with van der Waals surface area (Å²) in [6, 6.07) is 9.84. The van der Waals surface area contributed by atoms with Gasteiger partial charge >= 0.3 is 0 Å². The van der Waals surface area contributed by atoms with Gasteiger partial charge in [0, 0.05) is 35.8 Å². The molecule has 4 heteroatoms. The molecule has 2 saturated carbocycles. The summed E-state index contributed by atoms with van der Waals surface area (Å²) in [4.78, 5) is 7.04. The highest BCUT2D eigenvalue weighted by atomic mass is 16.5. The Morgan fingerprint density at radius 3 is 2.79 bits per heavy atom. The Kier molecular flexibility index (Phi) is 5.03. The summed E-state index contributed by atoms with van der Waals surface area (Å²) >= 11 is 0. The van der Waals surface area contributed by atoms with E-state index < -0.39 is 0 Å². The van der Waals surface area contributed by atoms with Gasteiger partial charge in [0.15, 0.2) is 0 Å². The molecule has 4 fully saturated rings. The van der Waals surface area contributed by atoms with Crippen LogP contribution in [0.1, 0.15) is 76.7 Å². The highest BCUT2D eigenvalue weighted by Gasteiger charge is 2.66. The van der Waals surface area contributed by atoms with Gasteiger partial charge in [-0.05, 0) is 110 Å². The van der Waals surface area contributed by atoms with Crippen molar-refractivity contribution in [1.82, 2.24) is 9.88 Å². The topological polar surface area (TPSA) is 34.6 Å². The van der Waals surface area contributed by atoms with E-state index in [4.69, 9.17) is 9.47 Å². The van der Waals surface area contributed by atoms with Gasteiger partial charge in [0.05, 0.1) is 24.4 Å². The normalized spacial score (nSPS) is 40.7. The highest BCUT2D eigenvalue weighted by Crippen LogP contribution is 2.69. The Labute approximate surface area is 227 Å². The van der Waals surface area contributed by atoms with Crippen LogP contribution in [0, 0.1) is 16.7 Å². The molecule has 4 heterocycles. The first-order chi connectivity index (χ1) is 18.3. The molecule has 2 aromatic rings. The van der Waals surface area contributed by atoms with E-state index in [0.717, 1.165) is 32.6 Å². The summed E-state index contributed by atoms with van der Waals surface area (Å²) in [5.74, 6) is 1.16. The molecule has 6 aliphatic rings. The maximum Gasteiger partial charge on any atom is 0.0974 e. The van der Waals surface area contributed by atoms with Crippen LogP contribution in [0.4, 0.5) is 0 Å². The van der Waals surface area contributed by atoms with Gasteiger partial charge in [-0.3, -0.25) is 4.98 Å². The van der Waals surface area contributed by atoms with Gasteiger partial charge in [-0.15, -0.1) is 0 Å². The van der Waals surface area contributed by atoms with Crippen LogP contribution in [0.5, 0.6) is 0 Å². The first kappa shape index (κ1) is 23.8. The first-order valence-corrected chi connectivity index (χ1v) is 15.1. The molecule has 1 aromatic carbocycles. The van der Waals surface area contributed by atoms with E-state index in [9.17, 15) is 0 Å². The van der Waals surface area contributed by atoms with E-state index in [0.29, 0.717) is 23.3 Å². The fourth-order valence-electron chi connectivity index (χ4n) is 9.90. The van der Waals surface area contributed by atoms with E-state index in [1.165, 1.54) is 60.4 Å². The Balaban J connectivity index is 1.10. The van der Waals surface area contributed by atoms with Crippen molar-refractivity contribution in [3.8, 4) is 0 Å². The lowest BCUT2D eigenvalue weighted by Crippen LogP contribution is -2.56. The van der Waals surface area contributed by atoms with Crippen LogP contribution in [0.2, 0.25) is 0 Å². The number of ether oxygens (including phenoxy) is 2. The lowest BCUT2D eigenvalue weighted by Gasteiger charge is -2.55. The van der Waals surface area contributed by atoms with Crippen molar-refractivity contribution >= 4 is 10.8 Å². The van der Waals surface area contributed by atoms with Crippen molar-refractivity contribution in [1.29, 1.82) is 0 Å². The summed E-state index contributed by atoms with van der Waals surface area (Å²) in [7, 11) is 2.34. The average Bonchev–Trinajstić information content (AvgIpc) is 3.42. The molecule has 1 aromatic heterocycles. The van der Waals surface area contributed by atoms with Crippen molar-refractivity contribution in [3.05, 3.63) is 65.5 Å². The molecule has 6 atom stereocenters. The third-order valence-corrected chi connectivity index (χ3v) is 11.9. The van der Waals surface area contributed by atoms with Crippen LogP contribution >= 0.6 is 0 Å². The lowest BCUT2D eigenvalue weighted by molar-refractivity contribution is -0.147. The minimum absolute atomic E-state index is 0.0451. The van der Waals surface area contributed by atoms with Crippen molar-refractivity contribution in [2.45, 2.75) is 88.4 Å². The second-order valence-electron chi connectivity index (χ2n) is 14.3. The van der Waals surface area contributed by atoms with Crippen molar-refractivity contribution in [3.63, 3.8) is 0 Å². The average molecular weight is 511 g/mol. The minimum atomic E-state index is -0.0854. The molecule has 38 heavy (non-hydrogen) atoms. The lowest BCUT2D eigenvalue weighted by atomic mass is 9.58. The Hall–Kier alpha value is -2.01. The smallest absolute Gasteiger partial charge is 0.0974 e. The molecular weight excluding hydrogens is 468 g/mol. The summed E-state index contributed by atoms with van der Waals surface area (Å²) < 4.78 is 13.1. The minimum Gasteiger partial charge on any atom is -0.380 e. The molecule has 200 valence electrons. The number of rotatable bonds is 4. The summed E-state index contributed by atoms with van der Waals surface area (Å²) in [5, 5.41) is 2.55. The second kappa shape index (κ2) is 8.02. The monoisotopic (exact) mass is 510 g/mol. The van der Waals surface area contributed by atoms with Crippen molar-refractivity contribution in [2.75, 3.05) is 26.8 Å². The molecule has 4 nitrogen and oxygen atoms in total. The molecule has 0 N–H and O–H groups in total. The summed E-state index contributed by atoms with van der Waals surface area (Å²) in [5.41, 5.74) is 5.05. The molecule has 2 bridgehead atoms. The predicted molar refractivity (Wildman–Crippen MR) is 151 cm³/mol. The maximum absolute atomic E-state index is 7.57. The van der Waals surface area contributed by atoms with E-state index in [-0.39, 0.29) is 16.6 Å². The third-order valence-electron chi connectivity index (χ3n) is 11.9. The molecule has 2 spiro atoms. The third kappa shape index (κ3) is 3.23. The van der Waals surface area contributed by atoms with Crippen LogP contribution in [0.3, 0.4) is 0 Å². The molecule has 6 unspecified atom stereocenters. The Morgan fingerprint density at radius 1 is 1.05 bits per heavy atom. The number of hydrogen-bond acceptors (Lipinski definition) is 4. The molecule has 0 radical (unpaired) electrons. The Bertz CT molecular complexity index is 1360. The quantitative estimate of drug-likeness (QED) is 0.452. The molecular formula is C34H42N2O2. The second-order valence-corrected chi connectivity index (χ2v) is 14.3. The molecule has 8 rings (SSSR count). The first-order valence-electron chi connectivity index (χ1n) is 15.1. The summed E-state index contributed by atoms with van der Waals surface area (Å²) in [6.45, 7) is 7.90. The molecule has 3 aliphatic carbocycles. The van der Waals surface area contributed by atoms with Crippen LogP contribution in [-0.4, -0.2) is 53.9 Å². The van der Waals surface area contributed by atoms with E-state index >= 15 is 0 Å². The fraction of sp³-hybridized carbons (Fsp3) is 0.618. The van der Waals surface area contributed by atoms with E-state index in [2.05, 4.69) is 67.2 Å². The zero-order chi connectivity index (χ0) is 25.8. The number of aromatic nitrogens is 1. The van der Waals surface area contributed by atoms with Gasteiger partial charge in [0.1, 0.15) is 0 Å². The van der Waals surface area contributed by atoms with Gasteiger partial charge < -0.3 is 14.4 Å². The number of benzene rings is 1.